The third-order valence-corrected chi connectivity index (χ3v) is 2.63. The molecule has 0 spiro atoms. The lowest BCUT2D eigenvalue weighted by atomic mass is 10.1. The first kappa shape index (κ1) is 11.0. The SMILES string of the molecule is CCN(CCCO)C(=O)C1(C#N)CC1. The van der Waals surface area contributed by atoms with Crippen LogP contribution in [0.4, 0.5) is 0 Å². The van der Waals surface area contributed by atoms with Crippen LogP contribution in [0, 0.1) is 16.7 Å². The van der Waals surface area contributed by atoms with Crippen molar-refractivity contribution >= 4 is 5.91 Å². The number of aliphatic hydroxyl groups excluding tert-OH is 1. The first-order valence-electron chi connectivity index (χ1n) is 5.01. The Hall–Kier alpha value is -1.08. The van der Waals surface area contributed by atoms with Crippen molar-refractivity contribution in [1.82, 2.24) is 4.90 Å². The largest absolute Gasteiger partial charge is 0.396 e. The number of carbonyl (C=O) groups excluding carboxylic acids is 1. The summed E-state index contributed by atoms with van der Waals surface area (Å²) in [6.07, 6.45) is 1.97. The highest BCUT2D eigenvalue weighted by atomic mass is 16.3. The number of carbonyl (C=O) groups is 1. The molecule has 1 N–H and O–H groups in total. The molecule has 0 aromatic carbocycles. The summed E-state index contributed by atoms with van der Waals surface area (Å²) < 4.78 is 0. The predicted octanol–water partition coefficient (Wildman–Crippen LogP) is 0.521. The maximum atomic E-state index is 11.8. The summed E-state index contributed by atoms with van der Waals surface area (Å²) >= 11 is 0. The Morgan fingerprint density at radius 1 is 1.64 bits per heavy atom. The number of hydrogen-bond acceptors (Lipinski definition) is 3. The molecule has 1 fully saturated rings. The van der Waals surface area contributed by atoms with Gasteiger partial charge >= 0.3 is 0 Å². The average molecular weight is 196 g/mol. The van der Waals surface area contributed by atoms with Crippen molar-refractivity contribution in [1.29, 1.82) is 5.26 Å². The molecule has 0 aliphatic heterocycles. The predicted molar refractivity (Wildman–Crippen MR) is 51.2 cm³/mol. The van der Waals surface area contributed by atoms with E-state index in [4.69, 9.17) is 10.4 Å². The fraction of sp³-hybridized carbons (Fsp3) is 0.800. The quantitative estimate of drug-likeness (QED) is 0.697. The molecule has 0 atom stereocenters. The van der Waals surface area contributed by atoms with E-state index in [1.165, 1.54) is 0 Å². The van der Waals surface area contributed by atoms with Gasteiger partial charge in [-0.05, 0) is 26.2 Å². The van der Waals surface area contributed by atoms with Crippen molar-refractivity contribution < 1.29 is 9.90 Å². The lowest BCUT2D eigenvalue weighted by Crippen LogP contribution is -2.37. The molecule has 0 radical (unpaired) electrons. The van der Waals surface area contributed by atoms with Gasteiger partial charge in [0.15, 0.2) is 0 Å². The van der Waals surface area contributed by atoms with E-state index in [0.29, 0.717) is 32.4 Å². The first-order valence-corrected chi connectivity index (χ1v) is 5.01. The zero-order valence-corrected chi connectivity index (χ0v) is 8.49. The summed E-state index contributed by atoms with van der Waals surface area (Å²) in [7, 11) is 0. The van der Waals surface area contributed by atoms with Crippen LogP contribution in [-0.4, -0.2) is 35.6 Å². The molecule has 0 bridgehead atoms. The number of aliphatic hydroxyl groups is 1. The van der Waals surface area contributed by atoms with Gasteiger partial charge in [0.1, 0.15) is 5.41 Å². The Morgan fingerprint density at radius 3 is 2.64 bits per heavy atom. The second kappa shape index (κ2) is 4.43. The van der Waals surface area contributed by atoms with Crippen LogP contribution in [0.15, 0.2) is 0 Å². The molecule has 0 aromatic heterocycles. The van der Waals surface area contributed by atoms with E-state index in [0.717, 1.165) is 0 Å². The molecule has 0 unspecified atom stereocenters. The highest BCUT2D eigenvalue weighted by Gasteiger charge is 2.52. The first-order chi connectivity index (χ1) is 6.70. The Balaban J connectivity index is 2.53. The highest BCUT2D eigenvalue weighted by molar-refractivity contribution is 5.88. The highest BCUT2D eigenvalue weighted by Crippen LogP contribution is 2.46. The molecule has 1 rings (SSSR count). The lowest BCUT2D eigenvalue weighted by Gasteiger charge is -2.22. The molecule has 1 saturated carbocycles. The maximum Gasteiger partial charge on any atom is 0.243 e. The van der Waals surface area contributed by atoms with Crippen LogP contribution < -0.4 is 0 Å². The molecule has 78 valence electrons. The summed E-state index contributed by atoms with van der Waals surface area (Å²) in [4.78, 5) is 13.5. The van der Waals surface area contributed by atoms with Gasteiger partial charge in [0.25, 0.3) is 0 Å². The van der Waals surface area contributed by atoms with Crippen LogP contribution in [0.1, 0.15) is 26.2 Å². The minimum absolute atomic E-state index is 0.0593. The average Bonchev–Trinajstić information content (AvgIpc) is 2.99. The van der Waals surface area contributed by atoms with Gasteiger partial charge in [-0.3, -0.25) is 4.79 Å². The van der Waals surface area contributed by atoms with Gasteiger partial charge in [-0.1, -0.05) is 0 Å². The van der Waals surface area contributed by atoms with Gasteiger partial charge in [-0.15, -0.1) is 0 Å². The molecule has 0 heterocycles. The van der Waals surface area contributed by atoms with E-state index in [1.54, 1.807) is 4.90 Å². The van der Waals surface area contributed by atoms with E-state index in [2.05, 4.69) is 6.07 Å². The molecular formula is C10H16N2O2. The van der Waals surface area contributed by atoms with Crippen molar-refractivity contribution in [2.45, 2.75) is 26.2 Å². The van der Waals surface area contributed by atoms with Crippen LogP contribution in [0.3, 0.4) is 0 Å². The normalized spacial score (nSPS) is 17.2. The van der Waals surface area contributed by atoms with E-state index in [-0.39, 0.29) is 12.5 Å². The zero-order chi connectivity index (χ0) is 10.6. The van der Waals surface area contributed by atoms with Crippen molar-refractivity contribution in [2.24, 2.45) is 5.41 Å². The topological polar surface area (TPSA) is 64.3 Å². The van der Waals surface area contributed by atoms with Crippen LogP contribution in [0.5, 0.6) is 0 Å². The zero-order valence-electron chi connectivity index (χ0n) is 8.49. The Kier molecular flexibility index (Phi) is 3.48. The van der Waals surface area contributed by atoms with Gasteiger partial charge in [0.2, 0.25) is 5.91 Å². The summed E-state index contributed by atoms with van der Waals surface area (Å²) in [5, 5.41) is 17.5. The number of hydrogen-bond donors (Lipinski definition) is 1. The minimum atomic E-state index is -0.717. The molecule has 1 amide bonds. The van der Waals surface area contributed by atoms with E-state index in [9.17, 15) is 4.79 Å². The Morgan fingerprint density at radius 2 is 2.29 bits per heavy atom. The number of rotatable bonds is 5. The standard InChI is InChI=1S/C10H16N2O2/c1-2-12(6-3-7-13)9(14)10(8-11)4-5-10/h13H,2-7H2,1H3. The van der Waals surface area contributed by atoms with E-state index < -0.39 is 5.41 Å². The van der Waals surface area contributed by atoms with Gasteiger partial charge in [-0.2, -0.15) is 5.26 Å². The van der Waals surface area contributed by atoms with E-state index in [1.807, 2.05) is 6.92 Å². The van der Waals surface area contributed by atoms with Crippen molar-refractivity contribution in [3.05, 3.63) is 0 Å². The second-order valence-corrected chi connectivity index (χ2v) is 3.66. The van der Waals surface area contributed by atoms with Crippen molar-refractivity contribution in [2.75, 3.05) is 19.7 Å². The van der Waals surface area contributed by atoms with Crippen LogP contribution in [0.25, 0.3) is 0 Å². The number of nitriles is 1. The van der Waals surface area contributed by atoms with Gasteiger partial charge < -0.3 is 10.0 Å². The second-order valence-electron chi connectivity index (χ2n) is 3.66. The maximum absolute atomic E-state index is 11.8. The molecular weight excluding hydrogens is 180 g/mol. The van der Waals surface area contributed by atoms with Crippen LogP contribution in [0.2, 0.25) is 0 Å². The Labute approximate surface area is 84.1 Å². The van der Waals surface area contributed by atoms with Gasteiger partial charge in [-0.25, -0.2) is 0 Å². The molecule has 1 aliphatic carbocycles. The lowest BCUT2D eigenvalue weighted by molar-refractivity contribution is -0.134. The summed E-state index contributed by atoms with van der Waals surface area (Å²) in [6, 6.07) is 2.09. The number of nitrogens with zero attached hydrogens (tertiary/aromatic N) is 2. The van der Waals surface area contributed by atoms with Crippen molar-refractivity contribution in [3.63, 3.8) is 0 Å². The smallest absolute Gasteiger partial charge is 0.243 e. The third-order valence-electron chi connectivity index (χ3n) is 2.63. The summed E-state index contributed by atoms with van der Waals surface area (Å²) in [5.74, 6) is -0.0593. The minimum Gasteiger partial charge on any atom is -0.396 e. The fourth-order valence-electron chi connectivity index (χ4n) is 1.47. The molecule has 4 heteroatoms. The van der Waals surface area contributed by atoms with Gasteiger partial charge in [0.05, 0.1) is 6.07 Å². The molecule has 14 heavy (non-hydrogen) atoms. The summed E-state index contributed by atoms with van der Waals surface area (Å²) in [5.41, 5.74) is -0.717. The monoisotopic (exact) mass is 196 g/mol. The number of amides is 1. The molecule has 0 aromatic rings. The van der Waals surface area contributed by atoms with Gasteiger partial charge in [0, 0.05) is 19.7 Å². The Bertz CT molecular complexity index is 253. The summed E-state index contributed by atoms with van der Waals surface area (Å²) in [6.45, 7) is 3.14. The van der Waals surface area contributed by atoms with Crippen molar-refractivity contribution in [3.8, 4) is 6.07 Å². The van der Waals surface area contributed by atoms with Crippen LogP contribution >= 0.6 is 0 Å². The molecule has 4 nitrogen and oxygen atoms in total. The molecule has 0 saturated heterocycles. The molecule has 1 aliphatic rings. The van der Waals surface area contributed by atoms with Crippen LogP contribution in [-0.2, 0) is 4.79 Å². The third kappa shape index (κ3) is 2.05. The fourth-order valence-corrected chi connectivity index (χ4v) is 1.47. The van der Waals surface area contributed by atoms with E-state index >= 15 is 0 Å².